The fraction of sp³-hybridized carbons (Fsp3) is 0.889. The molecule has 0 aromatic rings. The number of carbonyl (C=O) groups is 1. The summed E-state index contributed by atoms with van der Waals surface area (Å²) in [4.78, 5) is 10.5. The molecule has 0 fully saturated rings. The standard InChI is InChI=1S/C9H19NO2/c1-3-4-5-7(2)6-8(11)9(10)12/h7-8,11H,3-6H2,1-2H3,(H2,10,12)/t7-,8+/m0/s1. The minimum absolute atomic E-state index is 0.382. The van der Waals surface area contributed by atoms with Crippen LogP contribution in [0.3, 0.4) is 0 Å². The van der Waals surface area contributed by atoms with Gasteiger partial charge in [-0.15, -0.1) is 0 Å². The highest BCUT2D eigenvalue weighted by molar-refractivity contribution is 5.78. The number of unbranched alkanes of at least 4 members (excludes halogenated alkanes) is 1. The Morgan fingerprint density at radius 1 is 1.58 bits per heavy atom. The van der Waals surface area contributed by atoms with Gasteiger partial charge < -0.3 is 10.8 Å². The van der Waals surface area contributed by atoms with Crippen LogP contribution in [0.2, 0.25) is 0 Å². The maximum atomic E-state index is 10.5. The van der Waals surface area contributed by atoms with Crippen molar-refractivity contribution in [1.82, 2.24) is 0 Å². The third-order valence-corrected chi connectivity index (χ3v) is 2.00. The average molecular weight is 173 g/mol. The molecule has 0 aromatic heterocycles. The van der Waals surface area contributed by atoms with E-state index in [1.165, 1.54) is 0 Å². The summed E-state index contributed by atoms with van der Waals surface area (Å²) in [5, 5.41) is 9.12. The fourth-order valence-electron chi connectivity index (χ4n) is 1.17. The Labute approximate surface area is 74.0 Å². The van der Waals surface area contributed by atoms with Crippen molar-refractivity contribution in [3.05, 3.63) is 0 Å². The molecule has 0 aliphatic rings. The molecule has 0 heterocycles. The normalized spacial score (nSPS) is 15.6. The topological polar surface area (TPSA) is 63.3 Å². The molecule has 3 nitrogen and oxygen atoms in total. The Morgan fingerprint density at radius 3 is 2.58 bits per heavy atom. The number of primary amides is 1. The third kappa shape index (κ3) is 5.13. The summed E-state index contributed by atoms with van der Waals surface area (Å²) in [5.41, 5.74) is 4.92. The molecule has 0 radical (unpaired) electrons. The third-order valence-electron chi connectivity index (χ3n) is 2.00. The molecule has 0 unspecified atom stereocenters. The van der Waals surface area contributed by atoms with E-state index in [0.717, 1.165) is 19.3 Å². The molecule has 0 bridgehead atoms. The van der Waals surface area contributed by atoms with Gasteiger partial charge in [0.05, 0.1) is 0 Å². The van der Waals surface area contributed by atoms with Gasteiger partial charge in [0, 0.05) is 0 Å². The van der Waals surface area contributed by atoms with E-state index in [9.17, 15) is 4.79 Å². The first-order valence-electron chi connectivity index (χ1n) is 4.55. The van der Waals surface area contributed by atoms with Gasteiger partial charge in [-0.1, -0.05) is 33.1 Å². The number of nitrogens with two attached hydrogens (primary N) is 1. The predicted molar refractivity (Wildman–Crippen MR) is 48.5 cm³/mol. The maximum absolute atomic E-state index is 10.5. The van der Waals surface area contributed by atoms with Crippen LogP contribution in [0.25, 0.3) is 0 Å². The Balaban J connectivity index is 3.53. The zero-order valence-electron chi connectivity index (χ0n) is 7.92. The van der Waals surface area contributed by atoms with Crippen molar-refractivity contribution < 1.29 is 9.90 Å². The van der Waals surface area contributed by atoms with E-state index in [4.69, 9.17) is 10.8 Å². The van der Waals surface area contributed by atoms with Crippen LogP contribution in [0.5, 0.6) is 0 Å². The molecule has 0 aliphatic carbocycles. The molecule has 3 N–H and O–H groups in total. The van der Waals surface area contributed by atoms with Gasteiger partial charge in [-0.25, -0.2) is 0 Å². The molecule has 0 saturated carbocycles. The van der Waals surface area contributed by atoms with Crippen LogP contribution in [0.1, 0.15) is 39.5 Å². The van der Waals surface area contributed by atoms with Crippen LogP contribution < -0.4 is 5.73 Å². The molecule has 1 amide bonds. The summed E-state index contributed by atoms with van der Waals surface area (Å²) in [6.07, 6.45) is 2.89. The minimum Gasteiger partial charge on any atom is -0.383 e. The maximum Gasteiger partial charge on any atom is 0.246 e. The molecule has 2 atom stereocenters. The second-order valence-electron chi connectivity index (χ2n) is 3.40. The Bertz CT molecular complexity index is 136. The van der Waals surface area contributed by atoms with Crippen LogP contribution in [-0.4, -0.2) is 17.1 Å². The number of rotatable bonds is 6. The van der Waals surface area contributed by atoms with E-state index in [-0.39, 0.29) is 0 Å². The average Bonchev–Trinajstić information content (AvgIpc) is 2.00. The van der Waals surface area contributed by atoms with E-state index < -0.39 is 12.0 Å². The lowest BCUT2D eigenvalue weighted by Crippen LogP contribution is -2.29. The first kappa shape index (κ1) is 11.4. The van der Waals surface area contributed by atoms with Gasteiger partial charge in [0.1, 0.15) is 6.10 Å². The van der Waals surface area contributed by atoms with Gasteiger partial charge in [-0.2, -0.15) is 0 Å². The van der Waals surface area contributed by atoms with Gasteiger partial charge >= 0.3 is 0 Å². The quantitative estimate of drug-likeness (QED) is 0.630. The number of hydrogen-bond donors (Lipinski definition) is 2. The molecule has 0 rings (SSSR count). The zero-order valence-corrected chi connectivity index (χ0v) is 7.92. The van der Waals surface area contributed by atoms with Crippen LogP contribution in [0.15, 0.2) is 0 Å². The number of carbonyl (C=O) groups excluding carboxylic acids is 1. The largest absolute Gasteiger partial charge is 0.383 e. The Morgan fingerprint density at radius 2 is 2.17 bits per heavy atom. The molecule has 0 saturated heterocycles. The van der Waals surface area contributed by atoms with Crippen molar-refractivity contribution >= 4 is 5.91 Å². The molecule has 3 heteroatoms. The molecule has 72 valence electrons. The smallest absolute Gasteiger partial charge is 0.246 e. The monoisotopic (exact) mass is 173 g/mol. The van der Waals surface area contributed by atoms with E-state index in [1.807, 2.05) is 6.92 Å². The predicted octanol–water partition coefficient (Wildman–Crippen LogP) is 1.05. The van der Waals surface area contributed by atoms with Gasteiger partial charge in [0.15, 0.2) is 0 Å². The van der Waals surface area contributed by atoms with Crippen molar-refractivity contribution in [3.63, 3.8) is 0 Å². The Kier molecular flexibility index (Phi) is 5.72. The van der Waals surface area contributed by atoms with Gasteiger partial charge in [0.25, 0.3) is 0 Å². The van der Waals surface area contributed by atoms with E-state index in [1.54, 1.807) is 0 Å². The van der Waals surface area contributed by atoms with E-state index >= 15 is 0 Å². The zero-order chi connectivity index (χ0) is 9.56. The van der Waals surface area contributed by atoms with Crippen molar-refractivity contribution in [2.75, 3.05) is 0 Å². The lowest BCUT2D eigenvalue weighted by Gasteiger charge is -2.12. The molecular weight excluding hydrogens is 154 g/mol. The molecule has 0 aromatic carbocycles. The summed E-state index contributed by atoms with van der Waals surface area (Å²) in [6, 6.07) is 0. The summed E-state index contributed by atoms with van der Waals surface area (Å²) in [6.45, 7) is 4.15. The van der Waals surface area contributed by atoms with Crippen molar-refractivity contribution in [1.29, 1.82) is 0 Å². The highest BCUT2D eigenvalue weighted by atomic mass is 16.3. The fourth-order valence-corrected chi connectivity index (χ4v) is 1.17. The summed E-state index contributed by atoms with van der Waals surface area (Å²) in [5.74, 6) is -0.231. The highest BCUT2D eigenvalue weighted by Gasteiger charge is 2.14. The molecule has 0 aliphatic heterocycles. The van der Waals surface area contributed by atoms with Crippen molar-refractivity contribution in [2.24, 2.45) is 11.7 Å². The highest BCUT2D eigenvalue weighted by Crippen LogP contribution is 2.13. The summed E-state index contributed by atoms with van der Waals surface area (Å²) in [7, 11) is 0. The second kappa shape index (κ2) is 6.00. The summed E-state index contributed by atoms with van der Waals surface area (Å²) >= 11 is 0. The van der Waals surface area contributed by atoms with Gasteiger partial charge in [-0.05, 0) is 12.3 Å². The summed E-state index contributed by atoms with van der Waals surface area (Å²) < 4.78 is 0. The van der Waals surface area contributed by atoms with E-state index in [0.29, 0.717) is 12.3 Å². The Hall–Kier alpha value is -0.570. The van der Waals surface area contributed by atoms with Crippen molar-refractivity contribution in [2.45, 2.75) is 45.6 Å². The first-order chi connectivity index (χ1) is 5.57. The van der Waals surface area contributed by atoms with Crippen LogP contribution in [0, 0.1) is 5.92 Å². The SMILES string of the molecule is CCCC[C@H](C)C[C@@H](O)C(N)=O. The number of aliphatic hydroxyl groups is 1. The second-order valence-corrected chi connectivity index (χ2v) is 3.40. The van der Waals surface area contributed by atoms with Crippen LogP contribution in [-0.2, 0) is 4.79 Å². The first-order valence-corrected chi connectivity index (χ1v) is 4.55. The molecular formula is C9H19NO2. The molecule has 12 heavy (non-hydrogen) atoms. The molecule has 0 spiro atoms. The van der Waals surface area contributed by atoms with Crippen LogP contribution >= 0.6 is 0 Å². The lowest BCUT2D eigenvalue weighted by molar-refractivity contribution is -0.126. The van der Waals surface area contributed by atoms with Crippen molar-refractivity contribution in [3.8, 4) is 0 Å². The van der Waals surface area contributed by atoms with Gasteiger partial charge in [-0.3, -0.25) is 4.79 Å². The minimum atomic E-state index is -0.961. The number of amides is 1. The van der Waals surface area contributed by atoms with Gasteiger partial charge in [0.2, 0.25) is 5.91 Å². The number of aliphatic hydroxyl groups excluding tert-OH is 1. The number of hydrogen-bond acceptors (Lipinski definition) is 2. The van der Waals surface area contributed by atoms with E-state index in [2.05, 4.69) is 6.92 Å². The lowest BCUT2D eigenvalue weighted by atomic mass is 9.97. The van der Waals surface area contributed by atoms with Crippen LogP contribution in [0.4, 0.5) is 0 Å².